The molecule has 0 amide bonds. The molecule has 2 aliphatic rings. The van der Waals surface area contributed by atoms with Crippen molar-refractivity contribution in [2.75, 3.05) is 6.79 Å². The summed E-state index contributed by atoms with van der Waals surface area (Å²) in [6.45, 7) is 0.184. The first kappa shape index (κ1) is 18.2. The van der Waals surface area contributed by atoms with Crippen LogP contribution < -0.4 is 20.1 Å². The zero-order chi connectivity index (χ0) is 20.8. The van der Waals surface area contributed by atoms with Gasteiger partial charge in [0.05, 0.1) is 0 Å². The van der Waals surface area contributed by atoms with Gasteiger partial charge >= 0.3 is 0 Å². The van der Waals surface area contributed by atoms with E-state index in [0.717, 1.165) is 38.2 Å². The molecule has 2 heterocycles. The standard InChI is InChI=1S/C27H19O3P/c28-31(21-14-8-3-9-15-21)25-17-24-23(29-18-30-24)16-22(25)26(19-10-4-1-5-11-19)27(31)20-12-6-2-7-13-20/h1-17H,18H2. The lowest BCUT2D eigenvalue weighted by molar-refractivity contribution is 0.174. The van der Waals surface area contributed by atoms with E-state index in [1.165, 1.54) is 0 Å². The predicted molar refractivity (Wildman–Crippen MR) is 125 cm³/mol. The van der Waals surface area contributed by atoms with Gasteiger partial charge in [0.1, 0.15) is 0 Å². The Morgan fingerprint density at radius 1 is 0.645 bits per heavy atom. The van der Waals surface area contributed by atoms with E-state index in [4.69, 9.17) is 9.47 Å². The summed E-state index contributed by atoms with van der Waals surface area (Å²) in [5.74, 6) is 1.35. The second-order valence-corrected chi connectivity index (χ2v) is 10.3. The van der Waals surface area contributed by atoms with Crippen molar-refractivity contribution < 1.29 is 14.0 Å². The highest BCUT2D eigenvalue weighted by Gasteiger charge is 2.44. The molecule has 0 spiro atoms. The lowest BCUT2D eigenvalue weighted by Gasteiger charge is -2.19. The first-order chi connectivity index (χ1) is 15.3. The molecule has 0 aromatic heterocycles. The Morgan fingerprint density at radius 3 is 1.84 bits per heavy atom. The fraction of sp³-hybridized carbons (Fsp3) is 0.0370. The molecule has 31 heavy (non-hydrogen) atoms. The van der Waals surface area contributed by atoms with E-state index in [9.17, 15) is 0 Å². The molecule has 0 radical (unpaired) electrons. The van der Waals surface area contributed by atoms with E-state index >= 15 is 4.57 Å². The number of rotatable bonds is 3. The first-order valence-electron chi connectivity index (χ1n) is 10.2. The highest BCUT2D eigenvalue weighted by Crippen LogP contribution is 2.66. The zero-order valence-electron chi connectivity index (χ0n) is 16.7. The highest BCUT2D eigenvalue weighted by atomic mass is 31.2. The van der Waals surface area contributed by atoms with Crippen LogP contribution in [0.4, 0.5) is 0 Å². The van der Waals surface area contributed by atoms with Gasteiger partial charge in [0, 0.05) is 21.5 Å². The molecule has 0 bridgehead atoms. The third-order valence-electron chi connectivity index (χ3n) is 5.88. The summed E-state index contributed by atoms with van der Waals surface area (Å²) in [6.07, 6.45) is 0. The fourth-order valence-corrected chi connectivity index (χ4v) is 7.78. The van der Waals surface area contributed by atoms with Crippen molar-refractivity contribution in [3.8, 4) is 11.5 Å². The normalized spacial score (nSPS) is 18.8. The van der Waals surface area contributed by atoms with Gasteiger partial charge in [-0.1, -0.05) is 91.0 Å². The number of hydrogen-bond acceptors (Lipinski definition) is 3. The van der Waals surface area contributed by atoms with Gasteiger partial charge in [0.2, 0.25) is 6.79 Å². The SMILES string of the molecule is O=P1(c2ccccc2)C(c2ccccc2)=C(c2ccccc2)c2cc3c(cc21)OCO3. The van der Waals surface area contributed by atoms with Crippen molar-refractivity contribution >= 4 is 28.6 Å². The van der Waals surface area contributed by atoms with Crippen LogP contribution in [0.1, 0.15) is 16.7 Å². The summed E-state index contributed by atoms with van der Waals surface area (Å²) < 4.78 is 26.6. The number of benzene rings is 4. The Labute approximate surface area is 181 Å². The molecule has 4 heteroatoms. The average Bonchev–Trinajstić information content (AvgIpc) is 3.40. The topological polar surface area (TPSA) is 35.5 Å². The number of ether oxygens (including phenoxy) is 2. The van der Waals surface area contributed by atoms with Crippen LogP contribution >= 0.6 is 7.14 Å². The van der Waals surface area contributed by atoms with Crippen molar-refractivity contribution in [1.82, 2.24) is 0 Å². The fourth-order valence-electron chi connectivity index (χ4n) is 4.52. The molecule has 2 aliphatic heterocycles. The Bertz CT molecular complexity index is 1360. The lowest BCUT2D eigenvalue weighted by atomic mass is 9.95. The molecule has 0 N–H and O–H groups in total. The van der Waals surface area contributed by atoms with Crippen LogP contribution in [-0.4, -0.2) is 6.79 Å². The molecule has 150 valence electrons. The summed E-state index contributed by atoms with van der Waals surface area (Å²) in [6, 6.07) is 33.9. The van der Waals surface area contributed by atoms with Crippen molar-refractivity contribution in [1.29, 1.82) is 0 Å². The second-order valence-electron chi connectivity index (χ2n) is 7.62. The third kappa shape index (κ3) is 2.71. The van der Waals surface area contributed by atoms with E-state index in [1.54, 1.807) is 0 Å². The largest absolute Gasteiger partial charge is 0.454 e. The quantitative estimate of drug-likeness (QED) is 0.400. The van der Waals surface area contributed by atoms with Crippen molar-refractivity contribution in [3.63, 3.8) is 0 Å². The Hall–Kier alpha value is -3.55. The van der Waals surface area contributed by atoms with Crippen molar-refractivity contribution in [3.05, 3.63) is 120 Å². The van der Waals surface area contributed by atoms with Gasteiger partial charge in [0.15, 0.2) is 18.6 Å². The molecule has 4 aromatic rings. The van der Waals surface area contributed by atoms with E-state index in [-0.39, 0.29) is 6.79 Å². The van der Waals surface area contributed by atoms with E-state index in [2.05, 4.69) is 12.1 Å². The minimum Gasteiger partial charge on any atom is -0.454 e. The Morgan fingerprint density at radius 2 is 1.19 bits per heavy atom. The van der Waals surface area contributed by atoms with Gasteiger partial charge in [-0.2, -0.15) is 0 Å². The van der Waals surface area contributed by atoms with Crippen LogP contribution in [0, 0.1) is 0 Å². The van der Waals surface area contributed by atoms with E-state index in [1.807, 2.05) is 91.0 Å². The summed E-state index contributed by atoms with van der Waals surface area (Å²) in [5.41, 5.74) is 3.94. The maximum absolute atomic E-state index is 15.2. The molecular formula is C27H19O3P. The Balaban J connectivity index is 1.77. The lowest BCUT2D eigenvalue weighted by Crippen LogP contribution is -2.15. The van der Waals surface area contributed by atoms with Crippen LogP contribution in [0.25, 0.3) is 10.9 Å². The van der Waals surface area contributed by atoms with E-state index in [0.29, 0.717) is 11.5 Å². The van der Waals surface area contributed by atoms with Crippen LogP contribution in [0.15, 0.2) is 103 Å². The molecule has 0 aliphatic carbocycles. The first-order valence-corrected chi connectivity index (χ1v) is 11.9. The van der Waals surface area contributed by atoms with Crippen molar-refractivity contribution in [2.24, 2.45) is 0 Å². The van der Waals surface area contributed by atoms with Crippen LogP contribution in [-0.2, 0) is 4.57 Å². The molecule has 0 saturated heterocycles. The van der Waals surface area contributed by atoms with Crippen LogP contribution in [0.5, 0.6) is 11.5 Å². The highest BCUT2D eigenvalue weighted by molar-refractivity contribution is 7.88. The van der Waals surface area contributed by atoms with Gasteiger partial charge in [-0.15, -0.1) is 0 Å². The maximum Gasteiger partial charge on any atom is 0.231 e. The molecule has 1 unspecified atom stereocenters. The third-order valence-corrected chi connectivity index (χ3v) is 9.07. The number of fused-ring (bicyclic) bond motifs is 2. The summed E-state index contributed by atoms with van der Waals surface area (Å²) >= 11 is 0. The minimum atomic E-state index is -3.15. The second kappa shape index (κ2) is 7.01. The molecule has 1 atom stereocenters. The van der Waals surface area contributed by atoms with Crippen molar-refractivity contribution in [2.45, 2.75) is 0 Å². The van der Waals surface area contributed by atoms with Gasteiger partial charge in [0.25, 0.3) is 0 Å². The van der Waals surface area contributed by atoms with Gasteiger partial charge < -0.3 is 14.0 Å². The average molecular weight is 422 g/mol. The molecular weight excluding hydrogens is 403 g/mol. The zero-order valence-corrected chi connectivity index (χ0v) is 17.6. The predicted octanol–water partition coefficient (Wildman–Crippen LogP) is 5.66. The van der Waals surface area contributed by atoms with E-state index < -0.39 is 7.14 Å². The van der Waals surface area contributed by atoms with Gasteiger partial charge in [-0.25, -0.2) is 0 Å². The van der Waals surface area contributed by atoms with Crippen LogP contribution in [0.3, 0.4) is 0 Å². The molecule has 0 saturated carbocycles. The molecule has 3 nitrogen and oxygen atoms in total. The summed E-state index contributed by atoms with van der Waals surface area (Å²) in [4.78, 5) is 0. The molecule has 6 rings (SSSR count). The number of hydrogen-bond donors (Lipinski definition) is 0. The van der Waals surface area contributed by atoms with Gasteiger partial charge in [-0.3, -0.25) is 0 Å². The molecule has 4 aromatic carbocycles. The smallest absolute Gasteiger partial charge is 0.231 e. The summed E-state index contributed by atoms with van der Waals surface area (Å²) in [7, 11) is -3.15. The monoisotopic (exact) mass is 422 g/mol. The summed E-state index contributed by atoms with van der Waals surface area (Å²) in [5, 5.41) is 2.49. The molecule has 0 fully saturated rings. The maximum atomic E-state index is 15.2. The Kier molecular flexibility index (Phi) is 4.12. The van der Waals surface area contributed by atoms with Crippen LogP contribution in [0.2, 0.25) is 0 Å². The minimum absolute atomic E-state index is 0.184. The van der Waals surface area contributed by atoms with Gasteiger partial charge in [-0.05, 0) is 28.8 Å².